The Hall–Kier alpha value is -1.13. The van der Waals surface area contributed by atoms with Crippen molar-refractivity contribution < 1.29 is 14.2 Å². The molecular weight excluding hydrogens is 209 g/mol. The van der Waals surface area contributed by atoms with Gasteiger partial charge < -0.3 is 15.6 Å². The second-order valence-electron chi connectivity index (χ2n) is 4.03. The number of aliphatic hydroxyl groups is 1. The lowest BCUT2D eigenvalue weighted by Crippen LogP contribution is -2.26. The van der Waals surface area contributed by atoms with Gasteiger partial charge in [0.15, 0.2) is 0 Å². The highest BCUT2D eigenvalue weighted by Crippen LogP contribution is 2.26. The van der Waals surface area contributed by atoms with Crippen LogP contribution in [0.1, 0.15) is 32.4 Å². The number of nitrogens with two attached hydrogens (primary N) is 1. The van der Waals surface area contributed by atoms with Gasteiger partial charge in [0.1, 0.15) is 17.7 Å². The van der Waals surface area contributed by atoms with Crippen molar-refractivity contribution in [2.45, 2.75) is 39.0 Å². The highest BCUT2D eigenvalue weighted by atomic mass is 19.1. The Morgan fingerprint density at radius 3 is 2.44 bits per heavy atom. The Morgan fingerprint density at radius 1 is 1.31 bits per heavy atom. The molecule has 0 aromatic heterocycles. The number of halogens is 1. The summed E-state index contributed by atoms with van der Waals surface area (Å²) in [6.07, 6.45) is -0.950. The summed E-state index contributed by atoms with van der Waals surface area (Å²) < 4.78 is 18.6. The van der Waals surface area contributed by atoms with Crippen molar-refractivity contribution in [3.63, 3.8) is 0 Å². The lowest BCUT2D eigenvalue weighted by Gasteiger charge is -2.20. The van der Waals surface area contributed by atoms with Gasteiger partial charge in [-0.05, 0) is 39.0 Å². The number of rotatable bonds is 4. The molecule has 3 nitrogen and oxygen atoms in total. The van der Waals surface area contributed by atoms with E-state index in [2.05, 4.69) is 0 Å². The van der Waals surface area contributed by atoms with E-state index in [4.69, 9.17) is 10.5 Å². The minimum Gasteiger partial charge on any atom is -0.488 e. The monoisotopic (exact) mass is 227 g/mol. The average Bonchev–Trinajstić information content (AvgIpc) is 2.20. The number of hydrogen-bond acceptors (Lipinski definition) is 3. The van der Waals surface area contributed by atoms with Crippen LogP contribution in [-0.2, 0) is 0 Å². The summed E-state index contributed by atoms with van der Waals surface area (Å²) in [5.74, 6) is 0.175. The number of hydrogen-bond donors (Lipinski definition) is 2. The summed E-state index contributed by atoms with van der Waals surface area (Å²) in [6.45, 7) is 5.15. The van der Waals surface area contributed by atoms with Gasteiger partial charge in [-0.25, -0.2) is 4.39 Å². The molecule has 2 unspecified atom stereocenters. The first-order chi connectivity index (χ1) is 7.41. The van der Waals surface area contributed by atoms with Crippen LogP contribution in [0.25, 0.3) is 0 Å². The fraction of sp³-hybridized carbons (Fsp3) is 0.500. The third kappa shape index (κ3) is 3.18. The predicted molar refractivity (Wildman–Crippen MR) is 60.8 cm³/mol. The zero-order valence-electron chi connectivity index (χ0n) is 9.77. The summed E-state index contributed by atoms with van der Waals surface area (Å²) in [5, 5.41) is 9.34. The van der Waals surface area contributed by atoms with Crippen LogP contribution >= 0.6 is 0 Å². The van der Waals surface area contributed by atoms with Gasteiger partial charge in [-0.3, -0.25) is 0 Å². The Kier molecular flexibility index (Phi) is 4.26. The molecule has 0 bridgehead atoms. The molecule has 0 saturated carbocycles. The normalized spacial score (nSPS) is 16.6. The third-order valence-electron chi connectivity index (χ3n) is 2.45. The molecule has 0 radical (unpaired) electrons. The second kappa shape index (κ2) is 5.27. The first kappa shape index (κ1) is 12.9. The summed E-state index contributed by atoms with van der Waals surface area (Å²) in [7, 11) is 0. The maximum Gasteiger partial charge on any atom is 0.124 e. The Balaban J connectivity index is 2.95. The Morgan fingerprint density at radius 2 is 1.94 bits per heavy atom. The van der Waals surface area contributed by atoms with E-state index in [1.165, 1.54) is 18.2 Å². The van der Waals surface area contributed by atoms with Crippen molar-refractivity contribution in [2.75, 3.05) is 0 Å². The van der Waals surface area contributed by atoms with Crippen molar-refractivity contribution in [3.8, 4) is 5.75 Å². The van der Waals surface area contributed by atoms with E-state index in [1.807, 2.05) is 0 Å². The molecule has 3 N–H and O–H groups in total. The van der Waals surface area contributed by atoms with Crippen LogP contribution in [0.15, 0.2) is 18.2 Å². The Labute approximate surface area is 95.0 Å². The maximum absolute atomic E-state index is 13.0. The predicted octanol–water partition coefficient (Wildman–Crippen LogP) is 1.99. The molecule has 0 heterocycles. The van der Waals surface area contributed by atoms with Crippen molar-refractivity contribution in [1.82, 2.24) is 0 Å². The van der Waals surface area contributed by atoms with Gasteiger partial charge in [-0.1, -0.05) is 0 Å². The lowest BCUT2D eigenvalue weighted by molar-refractivity contribution is 0.0596. The van der Waals surface area contributed by atoms with Crippen LogP contribution in [0.3, 0.4) is 0 Å². The fourth-order valence-corrected chi connectivity index (χ4v) is 1.28. The molecule has 3 atom stereocenters. The highest BCUT2D eigenvalue weighted by molar-refractivity contribution is 5.36. The summed E-state index contributed by atoms with van der Waals surface area (Å²) >= 11 is 0. The Bertz CT molecular complexity index is 353. The van der Waals surface area contributed by atoms with Gasteiger partial charge in [0.2, 0.25) is 0 Å². The van der Waals surface area contributed by atoms with Crippen LogP contribution < -0.4 is 10.5 Å². The van der Waals surface area contributed by atoms with E-state index in [0.29, 0.717) is 11.3 Å². The number of benzene rings is 1. The lowest BCUT2D eigenvalue weighted by atomic mass is 10.1. The van der Waals surface area contributed by atoms with Gasteiger partial charge >= 0.3 is 0 Å². The average molecular weight is 227 g/mol. The molecule has 4 heteroatoms. The van der Waals surface area contributed by atoms with E-state index >= 15 is 0 Å². The van der Waals surface area contributed by atoms with E-state index in [0.717, 1.165) is 0 Å². The van der Waals surface area contributed by atoms with E-state index < -0.39 is 6.10 Å². The first-order valence-electron chi connectivity index (χ1n) is 5.31. The van der Waals surface area contributed by atoms with Crippen molar-refractivity contribution in [1.29, 1.82) is 0 Å². The molecule has 0 aliphatic heterocycles. The fourth-order valence-electron chi connectivity index (χ4n) is 1.28. The summed E-state index contributed by atoms with van der Waals surface area (Å²) in [5.41, 5.74) is 6.33. The second-order valence-corrected chi connectivity index (χ2v) is 4.03. The molecule has 0 aliphatic rings. The molecule has 90 valence electrons. The van der Waals surface area contributed by atoms with Gasteiger partial charge in [-0.15, -0.1) is 0 Å². The quantitative estimate of drug-likeness (QED) is 0.827. The van der Waals surface area contributed by atoms with Gasteiger partial charge in [0.25, 0.3) is 0 Å². The molecule has 1 rings (SSSR count). The van der Waals surface area contributed by atoms with Crippen molar-refractivity contribution in [3.05, 3.63) is 29.6 Å². The topological polar surface area (TPSA) is 55.5 Å². The van der Waals surface area contributed by atoms with Crippen LogP contribution in [0, 0.1) is 5.82 Å². The first-order valence-corrected chi connectivity index (χ1v) is 5.31. The molecule has 16 heavy (non-hydrogen) atoms. The molecule has 0 amide bonds. The van der Waals surface area contributed by atoms with Crippen molar-refractivity contribution >= 4 is 0 Å². The zero-order chi connectivity index (χ0) is 12.3. The van der Waals surface area contributed by atoms with Gasteiger partial charge in [-0.2, -0.15) is 0 Å². The standard InChI is InChI=1S/C12H18FNO2/c1-7(14)11-6-10(13)4-5-12(11)16-9(3)8(2)15/h4-9,15H,14H2,1-3H3/t7-,8?,9?/m1/s1. The molecule has 0 aliphatic carbocycles. The smallest absolute Gasteiger partial charge is 0.124 e. The summed E-state index contributed by atoms with van der Waals surface area (Å²) in [4.78, 5) is 0. The third-order valence-corrected chi connectivity index (χ3v) is 2.45. The van der Waals surface area contributed by atoms with Gasteiger partial charge in [0.05, 0.1) is 6.10 Å². The highest BCUT2D eigenvalue weighted by Gasteiger charge is 2.15. The SMILES string of the molecule is CC(O)C(C)Oc1ccc(F)cc1[C@@H](C)N. The molecule has 0 fully saturated rings. The maximum atomic E-state index is 13.0. The molecule has 0 saturated heterocycles. The summed E-state index contributed by atoms with van der Waals surface area (Å²) in [6, 6.07) is 3.89. The number of ether oxygens (including phenoxy) is 1. The van der Waals surface area contributed by atoms with E-state index in [9.17, 15) is 9.50 Å². The minimum atomic E-state index is -0.592. The largest absolute Gasteiger partial charge is 0.488 e. The van der Waals surface area contributed by atoms with Crippen LogP contribution in [0.2, 0.25) is 0 Å². The molecular formula is C12H18FNO2. The molecule has 1 aromatic carbocycles. The van der Waals surface area contributed by atoms with Gasteiger partial charge in [0, 0.05) is 11.6 Å². The zero-order valence-corrected chi connectivity index (χ0v) is 9.77. The molecule has 1 aromatic rings. The molecule has 0 spiro atoms. The number of aliphatic hydroxyl groups excluding tert-OH is 1. The minimum absolute atomic E-state index is 0.313. The van der Waals surface area contributed by atoms with Crippen LogP contribution in [0.4, 0.5) is 4.39 Å². The van der Waals surface area contributed by atoms with Crippen molar-refractivity contribution in [2.24, 2.45) is 5.73 Å². The van der Waals surface area contributed by atoms with E-state index in [-0.39, 0.29) is 18.0 Å². The van der Waals surface area contributed by atoms with Crippen LogP contribution in [-0.4, -0.2) is 17.3 Å². The van der Waals surface area contributed by atoms with Crippen LogP contribution in [0.5, 0.6) is 5.75 Å². The van der Waals surface area contributed by atoms with E-state index in [1.54, 1.807) is 20.8 Å².